The lowest BCUT2D eigenvalue weighted by atomic mass is 10.1. The van der Waals surface area contributed by atoms with Crippen molar-refractivity contribution in [3.05, 3.63) is 0 Å². The molecule has 3 aliphatic heterocycles. The highest BCUT2D eigenvalue weighted by atomic mass is 16.5. The number of nitrogens with one attached hydrogen (secondary N) is 1. The number of hydrogen-bond donors (Lipinski definition) is 1. The Morgan fingerprint density at radius 2 is 1.79 bits per heavy atom. The third-order valence-corrected chi connectivity index (χ3v) is 6.38. The van der Waals surface area contributed by atoms with Gasteiger partial charge in [-0.15, -0.1) is 0 Å². The lowest BCUT2D eigenvalue weighted by Crippen LogP contribution is -2.42. The van der Waals surface area contributed by atoms with Crippen LogP contribution in [0.1, 0.15) is 51.9 Å². The summed E-state index contributed by atoms with van der Waals surface area (Å²) in [5.41, 5.74) is 0. The van der Waals surface area contributed by atoms with Crippen LogP contribution >= 0.6 is 0 Å². The maximum Gasteiger partial charge on any atom is 0.193 e. The first-order chi connectivity index (χ1) is 13.8. The zero-order valence-corrected chi connectivity index (χ0v) is 18.2. The molecule has 0 aromatic heterocycles. The van der Waals surface area contributed by atoms with E-state index in [4.69, 9.17) is 9.73 Å². The Morgan fingerprint density at radius 1 is 0.964 bits per heavy atom. The van der Waals surface area contributed by atoms with Gasteiger partial charge in [-0.05, 0) is 64.6 Å². The maximum atomic E-state index is 5.48. The molecule has 6 nitrogen and oxygen atoms in total. The highest BCUT2D eigenvalue weighted by Crippen LogP contribution is 2.18. The summed E-state index contributed by atoms with van der Waals surface area (Å²) in [4.78, 5) is 12.7. The zero-order valence-electron chi connectivity index (χ0n) is 18.2. The van der Waals surface area contributed by atoms with E-state index in [2.05, 4.69) is 26.9 Å². The second kappa shape index (κ2) is 12.7. The van der Waals surface area contributed by atoms with Crippen molar-refractivity contribution in [3.63, 3.8) is 0 Å². The van der Waals surface area contributed by atoms with Gasteiger partial charge in [-0.2, -0.15) is 0 Å². The van der Waals surface area contributed by atoms with Crippen LogP contribution in [0.5, 0.6) is 0 Å². The number of hydrogen-bond acceptors (Lipinski definition) is 4. The van der Waals surface area contributed by atoms with E-state index < -0.39 is 0 Å². The topological polar surface area (TPSA) is 43.3 Å². The van der Waals surface area contributed by atoms with Crippen molar-refractivity contribution in [2.45, 2.75) is 51.9 Å². The molecule has 0 saturated carbocycles. The fourth-order valence-electron chi connectivity index (χ4n) is 4.74. The Hall–Kier alpha value is -0.850. The molecule has 162 valence electrons. The van der Waals surface area contributed by atoms with E-state index in [0.717, 1.165) is 64.4 Å². The number of aliphatic imine (C=N–C) groups is 1. The summed E-state index contributed by atoms with van der Waals surface area (Å²) in [6.07, 6.45) is 9.38. The minimum absolute atomic E-state index is 0.770. The quantitative estimate of drug-likeness (QED) is 0.370. The van der Waals surface area contributed by atoms with Crippen LogP contribution in [-0.2, 0) is 4.74 Å². The van der Waals surface area contributed by atoms with Gasteiger partial charge in [0, 0.05) is 45.8 Å². The summed E-state index contributed by atoms with van der Waals surface area (Å²) >= 11 is 0. The van der Waals surface area contributed by atoms with E-state index >= 15 is 0 Å². The Labute approximate surface area is 172 Å². The minimum atomic E-state index is 0.770. The fourth-order valence-corrected chi connectivity index (χ4v) is 4.74. The van der Waals surface area contributed by atoms with Crippen LogP contribution in [0.4, 0.5) is 0 Å². The third-order valence-electron chi connectivity index (χ3n) is 6.38. The van der Waals surface area contributed by atoms with Crippen LogP contribution in [0.15, 0.2) is 4.99 Å². The van der Waals surface area contributed by atoms with E-state index in [1.165, 1.54) is 71.1 Å². The molecule has 0 aliphatic carbocycles. The lowest BCUT2D eigenvalue weighted by Gasteiger charge is -2.29. The smallest absolute Gasteiger partial charge is 0.193 e. The molecule has 6 heteroatoms. The van der Waals surface area contributed by atoms with Crippen molar-refractivity contribution in [1.29, 1.82) is 0 Å². The van der Waals surface area contributed by atoms with E-state index in [1.54, 1.807) is 0 Å². The van der Waals surface area contributed by atoms with Crippen molar-refractivity contribution in [3.8, 4) is 0 Å². The Balaban J connectivity index is 1.32. The standard InChI is InChI=1S/C22H43N5O/c1-2-23-22(24-10-5-3-6-11-25-12-7-4-8-13-25)27-14-9-21(20-27)19-26-15-17-28-18-16-26/h21H,2-20H2,1H3,(H,23,24). The number of piperidine rings is 1. The maximum absolute atomic E-state index is 5.48. The SMILES string of the molecule is CCNC(=NCCCCCN1CCCCC1)N1CCC(CN2CCOCC2)C1. The Morgan fingerprint density at radius 3 is 2.57 bits per heavy atom. The van der Waals surface area contributed by atoms with Crippen molar-refractivity contribution >= 4 is 5.96 Å². The second-order valence-electron chi connectivity index (χ2n) is 8.71. The number of likely N-dealkylation sites (tertiary alicyclic amines) is 2. The van der Waals surface area contributed by atoms with E-state index in [1.807, 2.05) is 0 Å². The van der Waals surface area contributed by atoms with E-state index in [9.17, 15) is 0 Å². The van der Waals surface area contributed by atoms with E-state index in [0.29, 0.717) is 0 Å². The van der Waals surface area contributed by atoms with Gasteiger partial charge in [0.25, 0.3) is 0 Å². The fraction of sp³-hybridized carbons (Fsp3) is 0.955. The van der Waals surface area contributed by atoms with Crippen LogP contribution in [0.25, 0.3) is 0 Å². The number of rotatable bonds is 9. The second-order valence-corrected chi connectivity index (χ2v) is 8.71. The van der Waals surface area contributed by atoms with Gasteiger partial charge in [0.2, 0.25) is 0 Å². The van der Waals surface area contributed by atoms with Gasteiger partial charge >= 0.3 is 0 Å². The predicted molar refractivity (Wildman–Crippen MR) is 117 cm³/mol. The Bertz CT molecular complexity index is 446. The molecule has 28 heavy (non-hydrogen) atoms. The lowest BCUT2D eigenvalue weighted by molar-refractivity contribution is 0.0315. The molecular formula is C22H43N5O. The zero-order chi connectivity index (χ0) is 19.4. The molecule has 3 heterocycles. The first kappa shape index (κ1) is 21.8. The summed E-state index contributed by atoms with van der Waals surface area (Å²) in [6, 6.07) is 0. The molecule has 3 saturated heterocycles. The molecule has 3 fully saturated rings. The number of ether oxygens (including phenoxy) is 1. The highest BCUT2D eigenvalue weighted by molar-refractivity contribution is 5.80. The van der Waals surface area contributed by atoms with Gasteiger partial charge in [-0.3, -0.25) is 9.89 Å². The molecule has 0 spiro atoms. The summed E-state index contributed by atoms with van der Waals surface area (Å²) in [7, 11) is 0. The third kappa shape index (κ3) is 7.53. The first-order valence-electron chi connectivity index (χ1n) is 11.9. The van der Waals surface area contributed by atoms with Gasteiger partial charge < -0.3 is 19.9 Å². The van der Waals surface area contributed by atoms with Gasteiger partial charge in [-0.1, -0.05) is 12.8 Å². The molecule has 1 N–H and O–H groups in total. The molecule has 1 atom stereocenters. The average molecular weight is 394 g/mol. The largest absolute Gasteiger partial charge is 0.379 e. The van der Waals surface area contributed by atoms with E-state index in [-0.39, 0.29) is 0 Å². The summed E-state index contributed by atoms with van der Waals surface area (Å²) in [6.45, 7) is 15.6. The molecule has 0 aromatic rings. The van der Waals surface area contributed by atoms with Crippen molar-refractivity contribution in [2.75, 3.05) is 78.7 Å². The monoisotopic (exact) mass is 393 g/mol. The van der Waals surface area contributed by atoms with Crippen LogP contribution in [0.2, 0.25) is 0 Å². The summed E-state index contributed by atoms with van der Waals surface area (Å²) in [5.74, 6) is 1.91. The van der Waals surface area contributed by atoms with Gasteiger partial charge in [0.15, 0.2) is 5.96 Å². The van der Waals surface area contributed by atoms with Gasteiger partial charge in [-0.25, -0.2) is 0 Å². The molecule has 0 aromatic carbocycles. The molecule has 0 radical (unpaired) electrons. The first-order valence-corrected chi connectivity index (χ1v) is 11.9. The van der Waals surface area contributed by atoms with Gasteiger partial charge in [0.05, 0.1) is 13.2 Å². The van der Waals surface area contributed by atoms with Crippen LogP contribution in [0.3, 0.4) is 0 Å². The highest BCUT2D eigenvalue weighted by Gasteiger charge is 2.27. The minimum Gasteiger partial charge on any atom is -0.379 e. The van der Waals surface area contributed by atoms with Crippen LogP contribution < -0.4 is 5.32 Å². The molecule has 0 amide bonds. The molecule has 3 rings (SSSR count). The number of nitrogens with zero attached hydrogens (tertiary/aromatic N) is 4. The predicted octanol–water partition coefficient (Wildman–Crippen LogP) is 2.26. The van der Waals surface area contributed by atoms with Crippen LogP contribution in [0, 0.1) is 5.92 Å². The Kier molecular flexibility index (Phi) is 9.88. The molecular weight excluding hydrogens is 350 g/mol. The van der Waals surface area contributed by atoms with Gasteiger partial charge in [0.1, 0.15) is 0 Å². The van der Waals surface area contributed by atoms with Crippen molar-refractivity contribution in [2.24, 2.45) is 10.9 Å². The molecule has 1 unspecified atom stereocenters. The number of unbranched alkanes of at least 4 members (excludes halogenated alkanes) is 2. The summed E-state index contributed by atoms with van der Waals surface area (Å²) in [5, 5.41) is 3.53. The normalized spacial score (nSPS) is 25.4. The molecule has 3 aliphatic rings. The number of morpholine rings is 1. The average Bonchev–Trinajstić information content (AvgIpc) is 3.19. The van der Waals surface area contributed by atoms with Crippen molar-refractivity contribution < 1.29 is 4.74 Å². The van der Waals surface area contributed by atoms with Crippen molar-refractivity contribution in [1.82, 2.24) is 20.0 Å². The molecule has 0 bridgehead atoms. The van der Waals surface area contributed by atoms with Crippen LogP contribution in [-0.4, -0.2) is 99.3 Å². The number of guanidine groups is 1. The summed E-state index contributed by atoms with van der Waals surface area (Å²) < 4.78 is 5.48.